The number of aromatic nitrogens is 1. The van der Waals surface area contributed by atoms with E-state index in [0.29, 0.717) is 0 Å². The molecule has 1 fully saturated rings. The molecule has 0 aliphatic carbocycles. The lowest BCUT2D eigenvalue weighted by atomic mass is 9.81. The van der Waals surface area contributed by atoms with Crippen molar-refractivity contribution in [2.24, 2.45) is 0 Å². The average molecular weight is 149 g/mol. The van der Waals surface area contributed by atoms with Gasteiger partial charge in [-0.1, -0.05) is 6.92 Å². The van der Waals surface area contributed by atoms with Crippen LogP contribution in [0.3, 0.4) is 0 Å². The van der Waals surface area contributed by atoms with Crippen LogP contribution in [0.15, 0.2) is 24.5 Å². The highest BCUT2D eigenvalue weighted by atomic mass is 16.5. The Hall–Kier alpha value is -0.890. The number of rotatable bonds is 1. The first-order valence-electron chi connectivity index (χ1n) is 3.79. The lowest BCUT2D eigenvalue weighted by Gasteiger charge is -2.38. The third kappa shape index (κ3) is 1.03. The van der Waals surface area contributed by atoms with Crippen LogP contribution in [0.1, 0.15) is 12.5 Å². The molecule has 0 atom stereocenters. The minimum atomic E-state index is 0.253. The highest BCUT2D eigenvalue weighted by Gasteiger charge is 2.34. The molecule has 0 unspecified atom stereocenters. The van der Waals surface area contributed by atoms with Crippen LogP contribution in [0, 0.1) is 0 Å². The van der Waals surface area contributed by atoms with E-state index in [1.54, 1.807) is 0 Å². The third-order valence-corrected chi connectivity index (χ3v) is 2.22. The van der Waals surface area contributed by atoms with Crippen LogP contribution in [0.2, 0.25) is 0 Å². The molecule has 0 radical (unpaired) electrons. The third-order valence-electron chi connectivity index (χ3n) is 2.22. The lowest BCUT2D eigenvalue weighted by Crippen LogP contribution is -2.43. The number of hydrogen-bond acceptors (Lipinski definition) is 2. The van der Waals surface area contributed by atoms with Crippen molar-refractivity contribution in [1.82, 2.24) is 4.98 Å². The van der Waals surface area contributed by atoms with Gasteiger partial charge in [-0.2, -0.15) is 0 Å². The van der Waals surface area contributed by atoms with E-state index in [2.05, 4.69) is 24.0 Å². The fourth-order valence-corrected chi connectivity index (χ4v) is 1.33. The summed E-state index contributed by atoms with van der Waals surface area (Å²) < 4.78 is 5.17. The summed E-state index contributed by atoms with van der Waals surface area (Å²) in [6.45, 7) is 3.90. The molecule has 1 saturated heterocycles. The monoisotopic (exact) mass is 149 g/mol. The molecule has 2 heteroatoms. The van der Waals surface area contributed by atoms with Gasteiger partial charge >= 0.3 is 0 Å². The first-order valence-corrected chi connectivity index (χ1v) is 3.79. The van der Waals surface area contributed by atoms with Gasteiger partial charge in [0.15, 0.2) is 0 Å². The van der Waals surface area contributed by atoms with E-state index in [1.165, 1.54) is 5.56 Å². The summed E-state index contributed by atoms with van der Waals surface area (Å²) in [6.07, 6.45) is 3.66. The molecule has 0 saturated carbocycles. The first kappa shape index (κ1) is 6.80. The minimum absolute atomic E-state index is 0.253. The van der Waals surface area contributed by atoms with Gasteiger partial charge in [-0.25, -0.2) is 0 Å². The Kier molecular flexibility index (Phi) is 1.43. The largest absolute Gasteiger partial charge is 0.379 e. The lowest BCUT2D eigenvalue weighted by molar-refractivity contribution is -0.0500. The van der Waals surface area contributed by atoms with Crippen molar-refractivity contribution in [3.63, 3.8) is 0 Å². The van der Waals surface area contributed by atoms with Crippen LogP contribution in [-0.2, 0) is 10.2 Å². The summed E-state index contributed by atoms with van der Waals surface area (Å²) in [5, 5.41) is 0. The Labute approximate surface area is 66.2 Å². The molecule has 2 rings (SSSR count). The molecule has 0 bridgehead atoms. The number of ether oxygens (including phenoxy) is 1. The second-order valence-corrected chi connectivity index (χ2v) is 3.29. The van der Waals surface area contributed by atoms with E-state index in [1.807, 2.05) is 12.4 Å². The van der Waals surface area contributed by atoms with Gasteiger partial charge in [-0.15, -0.1) is 0 Å². The van der Waals surface area contributed by atoms with Gasteiger partial charge in [-0.3, -0.25) is 4.98 Å². The molecule has 1 aromatic heterocycles. The second-order valence-electron chi connectivity index (χ2n) is 3.29. The Morgan fingerprint density at radius 3 is 2.45 bits per heavy atom. The van der Waals surface area contributed by atoms with Gasteiger partial charge in [0.2, 0.25) is 0 Å². The molecule has 1 aliphatic rings. The molecular weight excluding hydrogens is 138 g/mol. The molecule has 2 heterocycles. The Bertz CT molecular complexity index is 241. The standard InChI is InChI=1S/C9H11NO/c1-9(6-11-7-9)8-2-4-10-5-3-8/h2-5H,6-7H2,1H3. The molecular formula is C9H11NO. The SMILES string of the molecule is CC1(c2ccncc2)COC1. The van der Waals surface area contributed by atoms with Crippen LogP contribution in [0.5, 0.6) is 0 Å². The zero-order valence-corrected chi connectivity index (χ0v) is 6.58. The van der Waals surface area contributed by atoms with Crippen LogP contribution in [0.4, 0.5) is 0 Å². The van der Waals surface area contributed by atoms with Gasteiger partial charge in [0.1, 0.15) is 0 Å². The topological polar surface area (TPSA) is 22.1 Å². The minimum Gasteiger partial charge on any atom is -0.379 e. The zero-order chi connectivity index (χ0) is 7.73. The second kappa shape index (κ2) is 2.31. The number of hydrogen-bond donors (Lipinski definition) is 0. The van der Waals surface area contributed by atoms with Gasteiger partial charge < -0.3 is 4.74 Å². The Balaban J connectivity index is 2.29. The van der Waals surface area contributed by atoms with Crippen molar-refractivity contribution >= 4 is 0 Å². The molecule has 0 aromatic carbocycles. The summed E-state index contributed by atoms with van der Waals surface area (Å²) in [4.78, 5) is 3.98. The van der Waals surface area contributed by atoms with E-state index in [0.717, 1.165) is 13.2 Å². The van der Waals surface area contributed by atoms with Crippen molar-refractivity contribution < 1.29 is 4.74 Å². The van der Waals surface area contributed by atoms with Crippen LogP contribution in [0.25, 0.3) is 0 Å². The fourth-order valence-electron chi connectivity index (χ4n) is 1.33. The molecule has 0 N–H and O–H groups in total. The van der Waals surface area contributed by atoms with Crippen molar-refractivity contribution in [3.8, 4) is 0 Å². The molecule has 58 valence electrons. The predicted octanol–water partition coefficient (Wildman–Crippen LogP) is 1.37. The molecule has 1 aromatic rings. The van der Waals surface area contributed by atoms with Crippen LogP contribution < -0.4 is 0 Å². The van der Waals surface area contributed by atoms with E-state index >= 15 is 0 Å². The summed E-state index contributed by atoms with van der Waals surface area (Å²) in [5.41, 5.74) is 1.59. The maximum atomic E-state index is 5.17. The summed E-state index contributed by atoms with van der Waals surface area (Å²) in [7, 11) is 0. The van der Waals surface area contributed by atoms with Crippen molar-refractivity contribution in [1.29, 1.82) is 0 Å². The molecule has 11 heavy (non-hydrogen) atoms. The van der Waals surface area contributed by atoms with Gasteiger partial charge in [-0.05, 0) is 17.7 Å². The van der Waals surface area contributed by atoms with E-state index in [9.17, 15) is 0 Å². The quantitative estimate of drug-likeness (QED) is 0.601. The molecule has 2 nitrogen and oxygen atoms in total. The average Bonchev–Trinajstić information content (AvgIpc) is 2.02. The Morgan fingerprint density at radius 1 is 1.36 bits per heavy atom. The van der Waals surface area contributed by atoms with Gasteiger partial charge in [0.25, 0.3) is 0 Å². The summed E-state index contributed by atoms with van der Waals surface area (Å²) >= 11 is 0. The summed E-state index contributed by atoms with van der Waals surface area (Å²) in [6, 6.07) is 4.12. The Morgan fingerprint density at radius 2 is 2.00 bits per heavy atom. The van der Waals surface area contributed by atoms with Crippen LogP contribution >= 0.6 is 0 Å². The molecule has 1 aliphatic heterocycles. The van der Waals surface area contributed by atoms with Crippen molar-refractivity contribution in [2.45, 2.75) is 12.3 Å². The zero-order valence-electron chi connectivity index (χ0n) is 6.58. The molecule has 0 amide bonds. The highest BCUT2D eigenvalue weighted by molar-refractivity contribution is 5.23. The van der Waals surface area contributed by atoms with E-state index in [-0.39, 0.29) is 5.41 Å². The number of pyridine rings is 1. The normalized spacial score (nSPS) is 20.8. The summed E-state index contributed by atoms with van der Waals surface area (Å²) in [5.74, 6) is 0. The fraction of sp³-hybridized carbons (Fsp3) is 0.444. The van der Waals surface area contributed by atoms with Crippen molar-refractivity contribution in [3.05, 3.63) is 30.1 Å². The first-order chi connectivity index (χ1) is 5.31. The van der Waals surface area contributed by atoms with Crippen molar-refractivity contribution in [2.75, 3.05) is 13.2 Å². The highest BCUT2D eigenvalue weighted by Crippen LogP contribution is 2.30. The predicted molar refractivity (Wildman–Crippen MR) is 42.4 cm³/mol. The van der Waals surface area contributed by atoms with E-state index in [4.69, 9.17) is 4.74 Å². The van der Waals surface area contributed by atoms with Gasteiger partial charge in [0, 0.05) is 17.8 Å². The van der Waals surface area contributed by atoms with Crippen LogP contribution in [-0.4, -0.2) is 18.2 Å². The smallest absolute Gasteiger partial charge is 0.0582 e. The maximum Gasteiger partial charge on any atom is 0.0582 e. The van der Waals surface area contributed by atoms with E-state index < -0.39 is 0 Å². The van der Waals surface area contributed by atoms with Gasteiger partial charge in [0.05, 0.1) is 13.2 Å². The molecule has 0 spiro atoms. The maximum absolute atomic E-state index is 5.17. The number of nitrogens with zero attached hydrogens (tertiary/aromatic N) is 1.